The third-order valence-electron chi connectivity index (χ3n) is 4.56. The topological polar surface area (TPSA) is 61.4 Å². The van der Waals surface area contributed by atoms with Gasteiger partial charge in [0.25, 0.3) is 0 Å². The number of hydrogen-bond donors (Lipinski definition) is 3. The lowest BCUT2D eigenvalue weighted by molar-refractivity contribution is -0.131. The highest BCUT2D eigenvalue weighted by Gasteiger charge is 2.34. The number of carbonyl (C=O) groups excluding carboxylic acids is 1. The summed E-state index contributed by atoms with van der Waals surface area (Å²) in [4.78, 5) is 12.2. The molecule has 0 radical (unpaired) electrons. The van der Waals surface area contributed by atoms with E-state index in [1.165, 1.54) is 0 Å². The Labute approximate surface area is 110 Å². The number of aliphatic hydroxyl groups is 1. The van der Waals surface area contributed by atoms with E-state index in [4.69, 9.17) is 0 Å². The molecule has 0 spiro atoms. The summed E-state index contributed by atoms with van der Waals surface area (Å²) in [5, 5.41) is 16.0. The maximum absolute atomic E-state index is 12.2. The molecule has 1 saturated carbocycles. The van der Waals surface area contributed by atoms with Crippen LogP contribution in [0.1, 0.15) is 45.4 Å². The first-order valence-electron chi connectivity index (χ1n) is 7.27. The van der Waals surface area contributed by atoms with Crippen LogP contribution in [0.2, 0.25) is 0 Å². The van der Waals surface area contributed by atoms with E-state index in [1.54, 1.807) is 0 Å². The van der Waals surface area contributed by atoms with Crippen LogP contribution in [0.15, 0.2) is 0 Å². The van der Waals surface area contributed by atoms with Crippen molar-refractivity contribution in [3.63, 3.8) is 0 Å². The highest BCUT2D eigenvalue weighted by Crippen LogP contribution is 2.29. The molecule has 2 unspecified atom stereocenters. The molecule has 1 saturated heterocycles. The second-order valence-electron chi connectivity index (χ2n) is 6.21. The summed E-state index contributed by atoms with van der Waals surface area (Å²) in [7, 11) is 0. The van der Waals surface area contributed by atoms with Crippen molar-refractivity contribution in [2.75, 3.05) is 19.6 Å². The van der Waals surface area contributed by atoms with Crippen molar-refractivity contribution in [3.05, 3.63) is 0 Å². The lowest BCUT2D eigenvalue weighted by atomic mass is 9.80. The molecule has 2 atom stereocenters. The highest BCUT2D eigenvalue weighted by molar-refractivity contribution is 5.82. The molecule has 4 heteroatoms. The highest BCUT2D eigenvalue weighted by atomic mass is 16.3. The van der Waals surface area contributed by atoms with Gasteiger partial charge in [0.2, 0.25) is 5.91 Å². The standard InChI is InChI=1S/C14H26N2O2/c1-14(5-7-15-8-6-14)13(18)16-10-11-3-2-4-12(17)9-11/h11-12,15,17H,2-10H2,1H3,(H,16,18). The van der Waals surface area contributed by atoms with Crippen LogP contribution < -0.4 is 10.6 Å². The molecule has 1 amide bonds. The van der Waals surface area contributed by atoms with Gasteiger partial charge in [0.05, 0.1) is 6.10 Å². The minimum absolute atomic E-state index is 0.157. The molecule has 18 heavy (non-hydrogen) atoms. The summed E-state index contributed by atoms with van der Waals surface area (Å²) in [6.07, 6.45) is 5.68. The van der Waals surface area contributed by atoms with Gasteiger partial charge < -0.3 is 15.7 Å². The Bertz CT molecular complexity index is 288. The minimum atomic E-state index is -0.196. The van der Waals surface area contributed by atoms with Crippen LogP contribution in [0, 0.1) is 11.3 Å². The zero-order chi connectivity index (χ0) is 13.0. The molecular formula is C14H26N2O2. The normalized spacial score (nSPS) is 31.9. The minimum Gasteiger partial charge on any atom is -0.393 e. The molecule has 104 valence electrons. The van der Waals surface area contributed by atoms with Gasteiger partial charge in [-0.1, -0.05) is 13.3 Å². The fraction of sp³-hybridized carbons (Fsp3) is 0.929. The van der Waals surface area contributed by atoms with Crippen molar-refractivity contribution >= 4 is 5.91 Å². The number of hydrogen-bond acceptors (Lipinski definition) is 3. The van der Waals surface area contributed by atoms with Crippen LogP contribution in [0.3, 0.4) is 0 Å². The fourth-order valence-corrected chi connectivity index (χ4v) is 3.10. The SMILES string of the molecule is CC1(C(=O)NCC2CCCC(O)C2)CCNCC1. The molecular weight excluding hydrogens is 228 g/mol. The molecule has 2 fully saturated rings. The van der Waals surface area contributed by atoms with E-state index < -0.39 is 0 Å². The van der Waals surface area contributed by atoms with E-state index in [2.05, 4.69) is 17.6 Å². The molecule has 0 bridgehead atoms. The Kier molecular flexibility index (Phi) is 4.62. The summed E-state index contributed by atoms with van der Waals surface area (Å²) in [6, 6.07) is 0. The zero-order valence-corrected chi connectivity index (χ0v) is 11.4. The summed E-state index contributed by atoms with van der Waals surface area (Å²) >= 11 is 0. The molecule has 0 aromatic carbocycles. The quantitative estimate of drug-likeness (QED) is 0.705. The van der Waals surface area contributed by atoms with Crippen molar-refractivity contribution in [2.24, 2.45) is 11.3 Å². The van der Waals surface area contributed by atoms with Crippen molar-refractivity contribution < 1.29 is 9.90 Å². The van der Waals surface area contributed by atoms with E-state index in [0.29, 0.717) is 5.92 Å². The van der Waals surface area contributed by atoms with E-state index in [-0.39, 0.29) is 17.4 Å². The Hall–Kier alpha value is -0.610. The van der Waals surface area contributed by atoms with Gasteiger partial charge in [-0.2, -0.15) is 0 Å². The van der Waals surface area contributed by atoms with Gasteiger partial charge in [-0.3, -0.25) is 4.79 Å². The number of carbonyl (C=O) groups is 1. The summed E-state index contributed by atoms with van der Waals surface area (Å²) in [5.74, 6) is 0.659. The lowest BCUT2D eigenvalue weighted by Crippen LogP contribution is -2.47. The van der Waals surface area contributed by atoms with Crippen LogP contribution in [-0.4, -0.2) is 36.8 Å². The maximum atomic E-state index is 12.2. The third kappa shape index (κ3) is 3.45. The Morgan fingerprint density at radius 2 is 2.11 bits per heavy atom. The molecule has 1 heterocycles. The second-order valence-corrected chi connectivity index (χ2v) is 6.21. The zero-order valence-electron chi connectivity index (χ0n) is 11.4. The molecule has 1 aliphatic heterocycles. The predicted octanol–water partition coefficient (Wildman–Crippen LogP) is 1.04. The Morgan fingerprint density at radius 3 is 2.78 bits per heavy atom. The molecule has 0 aromatic rings. The molecule has 2 aliphatic rings. The summed E-state index contributed by atoms with van der Waals surface area (Å²) in [5.41, 5.74) is -0.196. The monoisotopic (exact) mass is 254 g/mol. The number of rotatable bonds is 3. The van der Waals surface area contributed by atoms with E-state index in [1.807, 2.05) is 0 Å². The lowest BCUT2D eigenvalue weighted by Gasteiger charge is -2.33. The van der Waals surface area contributed by atoms with Crippen LogP contribution in [0.5, 0.6) is 0 Å². The number of nitrogens with one attached hydrogen (secondary N) is 2. The van der Waals surface area contributed by atoms with E-state index in [9.17, 15) is 9.90 Å². The average Bonchev–Trinajstić information content (AvgIpc) is 2.37. The van der Waals surface area contributed by atoms with Gasteiger partial charge >= 0.3 is 0 Å². The van der Waals surface area contributed by atoms with Crippen molar-refractivity contribution in [2.45, 2.75) is 51.6 Å². The van der Waals surface area contributed by atoms with Gasteiger partial charge in [-0.05, 0) is 51.1 Å². The number of piperidine rings is 1. The van der Waals surface area contributed by atoms with Crippen LogP contribution in [-0.2, 0) is 4.79 Å². The summed E-state index contributed by atoms with van der Waals surface area (Å²) < 4.78 is 0. The van der Waals surface area contributed by atoms with Gasteiger partial charge in [0.1, 0.15) is 0 Å². The van der Waals surface area contributed by atoms with Crippen molar-refractivity contribution in [1.29, 1.82) is 0 Å². The van der Waals surface area contributed by atoms with Crippen molar-refractivity contribution in [1.82, 2.24) is 10.6 Å². The average molecular weight is 254 g/mol. The van der Waals surface area contributed by atoms with E-state index >= 15 is 0 Å². The first-order chi connectivity index (χ1) is 8.60. The molecule has 1 aliphatic carbocycles. The van der Waals surface area contributed by atoms with Gasteiger partial charge in [-0.15, -0.1) is 0 Å². The molecule has 4 nitrogen and oxygen atoms in total. The van der Waals surface area contributed by atoms with Gasteiger partial charge in [-0.25, -0.2) is 0 Å². The molecule has 0 aromatic heterocycles. The first kappa shape index (κ1) is 13.8. The van der Waals surface area contributed by atoms with Gasteiger partial charge in [0, 0.05) is 12.0 Å². The van der Waals surface area contributed by atoms with Crippen LogP contribution in [0.25, 0.3) is 0 Å². The largest absolute Gasteiger partial charge is 0.393 e. The van der Waals surface area contributed by atoms with Crippen LogP contribution in [0.4, 0.5) is 0 Å². The van der Waals surface area contributed by atoms with E-state index in [0.717, 1.165) is 58.2 Å². The third-order valence-corrected chi connectivity index (χ3v) is 4.56. The fourth-order valence-electron chi connectivity index (χ4n) is 3.10. The number of aliphatic hydroxyl groups excluding tert-OH is 1. The van der Waals surface area contributed by atoms with Crippen molar-refractivity contribution in [3.8, 4) is 0 Å². The first-order valence-corrected chi connectivity index (χ1v) is 7.27. The molecule has 3 N–H and O–H groups in total. The maximum Gasteiger partial charge on any atom is 0.226 e. The second kappa shape index (κ2) is 6.02. The Morgan fingerprint density at radius 1 is 1.39 bits per heavy atom. The smallest absolute Gasteiger partial charge is 0.226 e. The summed E-state index contributed by atoms with van der Waals surface area (Å²) in [6.45, 7) is 4.68. The van der Waals surface area contributed by atoms with Crippen LogP contribution >= 0.6 is 0 Å². The Balaban J connectivity index is 1.76. The van der Waals surface area contributed by atoms with Gasteiger partial charge in [0.15, 0.2) is 0 Å². The molecule has 2 rings (SSSR count). The number of amides is 1. The predicted molar refractivity (Wildman–Crippen MR) is 71.2 cm³/mol.